The average Bonchev–Trinajstić information content (AvgIpc) is 1.65. The van der Waals surface area contributed by atoms with Crippen LogP contribution in [0.5, 0.6) is 0 Å². The van der Waals surface area contributed by atoms with Crippen molar-refractivity contribution in [3.63, 3.8) is 0 Å². The van der Waals surface area contributed by atoms with Crippen LogP contribution in [0.15, 0.2) is 0 Å². The van der Waals surface area contributed by atoms with Gasteiger partial charge >= 0.3 is 6.03 Å². The molecule has 0 saturated carbocycles. The third kappa shape index (κ3) is 3.42. The minimum Gasteiger partial charge on any atom is -0.374 e. The summed E-state index contributed by atoms with van der Waals surface area (Å²) in [6.07, 6.45) is -0.782. The molecule has 8 heavy (non-hydrogen) atoms. The van der Waals surface area contributed by atoms with Crippen LogP contribution in [-0.2, 0) is 0 Å². The number of amides is 2. The van der Waals surface area contributed by atoms with Gasteiger partial charge in [-0.1, -0.05) is 0 Å². The van der Waals surface area contributed by atoms with Crippen molar-refractivity contribution in [1.29, 1.82) is 0 Å². The fourth-order valence-electron chi connectivity index (χ4n) is 0.262. The number of carbonyl (C=O) groups excluding carboxylic acids is 1. The normalized spacial score (nSPS) is 12.4. The lowest BCUT2D eigenvalue weighted by molar-refractivity contribution is 0.158. The van der Waals surface area contributed by atoms with Crippen molar-refractivity contribution in [3.8, 4) is 0 Å². The molecule has 4 nitrogen and oxygen atoms in total. The van der Waals surface area contributed by atoms with E-state index in [4.69, 9.17) is 5.11 Å². The second kappa shape index (κ2) is 3.26. The second-order valence-electron chi connectivity index (χ2n) is 1.40. The van der Waals surface area contributed by atoms with Crippen LogP contribution in [0.4, 0.5) is 4.79 Å². The summed E-state index contributed by atoms with van der Waals surface area (Å²) >= 11 is 0. The molecular formula is C4H10N2O2. The molecule has 0 aromatic carbocycles. The highest BCUT2D eigenvalue weighted by molar-refractivity contribution is 5.73. The van der Waals surface area contributed by atoms with Crippen LogP contribution in [0.1, 0.15) is 6.92 Å². The first-order valence-corrected chi connectivity index (χ1v) is 2.33. The van der Waals surface area contributed by atoms with Gasteiger partial charge in [0, 0.05) is 7.05 Å². The Bertz CT molecular complexity index is 82.1. The molecule has 0 radical (unpaired) electrons. The summed E-state index contributed by atoms with van der Waals surface area (Å²) in [7, 11) is 1.48. The first-order valence-electron chi connectivity index (χ1n) is 2.33. The van der Waals surface area contributed by atoms with Crippen LogP contribution in [0.3, 0.4) is 0 Å². The Morgan fingerprint density at radius 3 is 2.38 bits per heavy atom. The molecule has 1 unspecified atom stereocenters. The zero-order valence-electron chi connectivity index (χ0n) is 4.93. The Kier molecular flexibility index (Phi) is 2.95. The molecular weight excluding hydrogens is 108 g/mol. The number of hydrogen-bond donors (Lipinski definition) is 3. The maximum absolute atomic E-state index is 10.2. The summed E-state index contributed by atoms with van der Waals surface area (Å²) in [5, 5.41) is 13.0. The van der Waals surface area contributed by atoms with Crippen LogP contribution >= 0.6 is 0 Å². The lowest BCUT2D eigenvalue weighted by Gasteiger charge is -2.04. The van der Waals surface area contributed by atoms with Gasteiger partial charge in [-0.05, 0) is 6.92 Å². The molecule has 0 heterocycles. The Labute approximate surface area is 47.9 Å². The number of urea groups is 1. The largest absolute Gasteiger partial charge is 0.374 e. The van der Waals surface area contributed by atoms with Crippen LogP contribution in [-0.4, -0.2) is 24.4 Å². The zero-order valence-corrected chi connectivity index (χ0v) is 4.93. The molecule has 0 aromatic heterocycles. The van der Waals surface area contributed by atoms with Crippen molar-refractivity contribution in [2.75, 3.05) is 7.05 Å². The highest BCUT2D eigenvalue weighted by atomic mass is 16.3. The lowest BCUT2D eigenvalue weighted by atomic mass is 10.6. The van der Waals surface area contributed by atoms with E-state index < -0.39 is 6.23 Å². The topological polar surface area (TPSA) is 61.4 Å². The Morgan fingerprint density at radius 1 is 1.75 bits per heavy atom. The monoisotopic (exact) mass is 118 g/mol. The quantitative estimate of drug-likeness (QED) is 0.397. The van der Waals surface area contributed by atoms with Gasteiger partial charge in [0.1, 0.15) is 6.23 Å². The van der Waals surface area contributed by atoms with E-state index in [0.29, 0.717) is 0 Å². The molecule has 0 aromatic rings. The van der Waals surface area contributed by atoms with E-state index in [1.54, 1.807) is 0 Å². The third-order valence-electron chi connectivity index (χ3n) is 0.567. The van der Waals surface area contributed by atoms with Crippen molar-refractivity contribution in [2.45, 2.75) is 13.2 Å². The molecule has 48 valence electrons. The van der Waals surface area contributed by atoms with Gasteiger partial charge < -0.3 is 15.7 Å². The Balaban J connectivity index is 3.25. The smallest absolute Gasteiger partial charge is 0.316 e. The lowest BCUT2D eigenvalue weighted by Crippen LogP contribution is -2.38. The Morgan fingerprint density at radius 2 is 2.25 bits per heavy atom. The molecule has 0 spiro atoms. The van der Waals surface area contributed by atoms with Gasteiger partial charge in [-0.15, -0.1) is 0 Å². The zero-order chi connectivity index (χ0) is 6.57. The summed E-state index contributed by atoms with van der Waals surface area (Å²) in [5.74, 6) is 0. The van der Waals surface area contributed by atoms with Crippen LogP contribution in [0.25, 0.3) is 0 Å². The first-order chi connectivity index (χ1) is 3.66. The molecule has 0 aliphatic carbocycles. The molecule has 4 heteroatoms. The van der Waals surface area contributed by atoms with E-state index in [1.165, 1.54) is 14.0 Å². The maximum Gasteiger partial charge on any atom is 0.316 e. The molecule has 1 atom stereocenters. The van der Waals surface area contributed by atoms with Crippen LogP contribution in [0.2, 0.25) is 0 Å². The van der Waals surface area contributed by atoms with Gasteiger partial charge in [-0.25, -0.2) is 4.79 Å². The Hall–Kier alpha value is -0.770. The molecule has 0 rings (SSSR count). The summed E-state index contributed by atoms with van der Waals surface area (Å²) in [5.41, 5.74) is 0. The maximum atomic E-state index is 10.2. The SMILES string of the molecule is CNC(=O)NC(C)O. The predicted molar refractivity (Wildman–Crippen MR) is 29.3 cm³/mol. The first kappa shape index (κ1) is 7.23. The second-order valence-corrected chi connectivity index (χ2v) is 1.40. The number of hydrogen-bond acceptors (Lipinski definition) is 2. The van der Waals surface area contributed by atoms with Crippen molar-refractivity contribution in [1.82, 2.24) is 10.6 Å². The number of aliphatic hydroxyl groups excluding tert-OH is 1. The van der Waals surface area contributed by atoms with Gasteiger partial charge in [-0.3, -0.25) is 0 Å². The molecule has 0 aliphatic heterocycles. The third-order valence-corrected chi connectivity index (χ3v) is 0.567. The molecule has 0 saturated heterocycles. The van der Waals surface area contributed by atoms with Gasteiger partial charge in [0.2, 0.25) is 0 Å². The minimum absolute atomic E-state index is 0.375. The van der Waals surface area contributed by atoms with Gasteiger partial charge in [-0.2, -0.15) is 0 Å². The van der Waals surface area contributed by atoms with E-state index in [1.807, 2.05) is 0 Å². The van der Waals surface area contributed by atoms with E-state index in [-0.39, 0.29) is 6.03 Å². The molecule has 0 aliphatic rings. The number of rotatable bonds is 1. The summed E-state index contributed by atoms with van der Waals surface area (Å²) in [6, 6.07) is -0.375. The van der Waals surface area contributed by atoms with E-state index in [0.717, 1.165) is 0 Å². The van der Waals surface area contributed by atoms with Gasteiger partial charge in [0.25, 0.3) is 0 Å². The van der Waals surface area contributed by atoms with Crippen molar-refractivity contribution < 1.29 is 9.90 Å². The fourth-order valence-corrected chi connectivity index (χ4v) is 0.262. The molecule has 2 amide bonds. The molecule has 0 fully saturated rings. The van der Waals surface area contributed by atoms with Crippen molar-refractivity contribution in [3.05, 3.63) is 0 Å². The minimum atomic E-state index is -0.782. The van der Waals surface area contributed by atoms with E-state index >= 15 is 0 Å². The number of aliphatic hydroxyl groups is 1. The van der Waals surface area contributed by atoms with Crippen molar-refractivity contribution in [2.24, 2.45) is 0 Å². The average molecular weight is 118 g/mol. The van der Waals surface area contributed by atoms with E-state index in [2.05, 4.69) is 10.6 Å². The number of carbonyl (C=O) groups is 1. The van der Waals surface area contributed by atoms with E-state index in [9.17, 15) is 4.79 Å². The molecule has 3 N–H and O–H groups in total. The van der Waals surface area contributed by atoms with Crippen LogP contribution in [0, 0.1) is 0 Å². The summed E-state index contributed by atoms with van der Waals surface area (Å²) in [4.78, 5) is 10.2. The van der Waals surface area contributed by atoms with Crippen molar-refractivity contribution >= 4 is 6.03 Å². The highest BCUT2D eigenvalue weighted by Gasteiger charge is 1.96. The van der Waals surface area contributed by atoms with Crippen LogP contribution < -0.4 is 10.6 Å². The highest BCUT2D eigenvalue weighted by Crippen LogP contribution is 1.68. The summed E-state index contributed by atoms with van der Waals surface area (Å²) in [6.45, 7) is 1.47. The standard InChI is InChI=1S/C4H10N2O2/c1-3(7)6-4(8)5-2/h3,7H,1-2H3,(H2,5,6,8). The predicted octanol–water partition coefficient (Wildman–Crippen LogP) is -0.746. The number of nitrogens with one attached hydrogen (secondary N) is 2. The summed E-state index contributed by atoms with van der Waals surface area (Å²) < 4.78 is 0. The fraction of sp³-hybridized carbons (Fsp3) is 0.750. The molecule has 0 bridgehead atoms. The van der Waals surface area contributed by atoms with Gasteiger partial charge in [0.05, 0.1) is 0 Å². The van der Waals surface area contributed by atoms with Gasteiger partial charge in [0.15, 0.2) is 0 Å².